The lowest BCUT2D eigenvalue weighted by Crippen LogP contribution is -2.31. The molecule has 1 aliphatic rings. The Hall–Kier alpha value is -2.21. The quantitative estimate of drug-likeness (QED) is 0.787. The van der Waals surface area contributed by atoms with Gasteiger partial charge in [-0.2, -0.15) is 0 Å². The van der Waals surface area contributed by atoms with Crippen LogP contribution in [0.3, 0.4) is 0 Å². The van der Waals surface area contributed by atoms with E-state index in [-0.39, 0.29) is 11.9 Å². The maximum absolute atomic E-state index is 12.9. The summed E-state index contributed by atoms with van der Waals surface area (Å²) in [6, 6.07) is 8.04. The molecule has 0 spiro atoms. The first kappa shape index (κ1) is 17.6. The largest absolute Gasteiger partial charge is 0.493 e. The number of carbonyl (C=O) groups excluding carboxylic acids is 1. The molecule has 2 aromatic rings. The SMILES string of the molecule is COc1cc(CC(=O)N2CCC[C@@H]2c2cccs2)cc(OC)c1OC. The molecule has 0 saturated carbocycles. The van der Waals surface area contributed by atoms with E-state index in [0.29, 0.717) is 23.7 Å². The van der Waals surface area contributed by atoms with Crippen molar-refractivity contribution in [2.24, 2.45) is 0 Å². The van der Waals surface area contributed by atoms with Crippen molar-refractivity contribution in [2.45, 2.75) is 25.3 Å². The van der Waals surface area contributed by atoms with E-state index in [2.05, 4.69) is 11.4 Å². The van der Waals surface area contributed by atoms with Crippen LogP contribution in [-0.2, 0) is 11.2 Å². The van der Waals surface area contributed by atoms with Gasteiger partial charge in [-0.05, 0) is 42.0 Å². The lowest BCUT2D eigenvalue weighted by Gasteiger charge is -2.24. The predicted molar refractivity (Wildman–Crippen MR) is 97.8 cm³/mol. The number of amides is 1. The summed E-state index contributed by atoms with van der Waals surface area (Å²) in [5.41, 5.74) is 0.858. The second-order valence-corrected chi connectivity index (χ2v) is 6.95. The van der Waals surface area contributed by atoms with Crippen molar-refractivity contribution in [1.29, 1.82) is 0 Å². The zero-order valence-corrected chi connectivity index (χ0v) is 15.6. The van der Waals surface area contributed by atoms with E-state index in [9.17, 15) is 4.79 Å². The second-order valence-electron chi connectivity index (χ2n) is 5.97. The highest BCUT2D eigenvalue weighted by atomic mass is 32.1. The van der Waals surface area contributed by atoms with Crippen molar-refractivity contribution in [3.63, 3.8) is 0 Å². The van der Waals surface area contributed by atoms with Crippen LogP contribution in [-0.4, -0.2) is 38.7 Å². The maximum atomic E-state index is 12.9. The molecule has 2 heterocycles. The van der Waals surface area contributed by atoms with Crippen LogP contribution in [0.15, 0.2) is 29.6 Å². The predicted octanol–water partition coefficient (Wildman–Crippen LogP) is 3.68. The van der Waals surface area contributed by atoms with Gasteiger partial charge in [-0.3, -0.25) is 4.79 Å². The van der Waals surface area contributed by atoms with E-state index in [1.165, 1.54) is 4.88 Å². The molecular weight excluding hydrogens is 338 g/mol. The van der Waals surface area contributed by atoms with Crippen LogP contribution < -0.4 is 14.2 Å². The van der Waals surface area contributed by atoms with Gasteiger partial charge in [0.2, 0.25) is 11.7 Å². The smallest absolute Gasteiger partial charge is 0.227 e. The minimum absolute atomic E-state index is 0.130. The van der Waals surface area contributed by atoms with Gasteiger partial charge < -0.3 is 19.1 Å². The number of nitrogens with zero attached hydrogens (tertiary/aromatic N) is 1. The summed E-state index contributed by atoms with van der Waals surface area (Å²) in [6.07, 6.45) is 2.39. The summed E-state index contributed by atoms with van der Waals surface area (Å²) in [4.78, 5) is 16.1. The van der Waals surface area contributed by atoms with Gasteiger partial charge in [0.15, 0.2) is 11.5 Å². The molecule has 0 radical (unpaired) electrons. The van der Waals surface area contributed by atoms with Crippen molar-refractivity contribution in [2.75, 3.05) is 27.9 Å². The highest BCUT2D eigenvalue weighted by Gasteiger charge is 2.30. The van der Waals surface area contributed by atoms with Crippen molar-refractivity contribution in [3.8, 4) is 17.2 Å². The number of carbonyl (C=O) groups is 1. The van der Waals surface area contributed by atoms with Gasteiger partial charge in [-0.25, -0.2) is 0 Å². The highest BCUT2D eigenvalue weighted by molar-refractivity contribution is 7.10. The third-order valence-electron chi connectivity index (χ3n) is 4.52. The molecule has 1 aromatic carbocycles. The summed E-state index contributed by atoms with van der Waals surface area (Å²) in [5, 5.41) is 2.06. The Kier molecular flexibility index (Phi) is 5.48. The van der Waals surface area contributed by atoms with Gasteiger partial charge in [0, 0.05) is 11.4 Å². The lowest BCUT2D eigenvalue weighted by atomic mass is 10.1. The molecule has 25 heavy (non-hydrogen) atoms. The highest BCUT2D eigenvalue weighted by Crippen LogP contribution is 2.39. The minimum atomic E-state index is 0.130. The Morgan fingerprint density at radius 3 is 2.48 bits per heavy atom. The van der Waals surface area contributed by atoms with Crippen molar-refractivity contribution < 1.29 is 19.0 Å². The Labute approximate surface area is 152 Å². The number of thiophene rings is 1. The monoisotopic (exact) mass is 361 g/mol. The number of rotatable bonds is 6. The molecule has 1 fully saturated rings. The summed E-state index contributed by atoms with van der Waals surface area (Å²) < 4.78 is 16.1. The van der Waals surface area contributed by atoms with Crippen LogP contribution in [0, 0.1) is 0 Å². The van der Waals surface area contributed by atoms with Gasteiger partial charge >= 0.3 is 0 Å². The van der Waals surface area contributed by atoms with Gasteiger partial charge in [0.1, 0.15) is 0 Å². The van der Waals surface area contributed by atoms with E-state index >= 15 is 0 Å². The van der Waals surface area contributed by atoms with E-state index < -0.39 is 0 Å². The molecule has 0 N–H and O–H groups in total. The fourth-order valence-corrected chi connectivity index (χ4v) is 4.23. The first-order chi connectivity index (χ1) is 12.2. The van der Waals surface area contributed by atoms with Gasteiger partial charge in [0.05, 0.1) is 33.8 Å². The van der Waals surface area contributed by atoms with Crippen LogP contribution in [0.5, 0.6) is 17.2 Å². The molecule has 6 heteroatoms. The Balaban J connectivity index is 1.81. The molecule has 0 unspecified atom stereocenters. The topological polar surface area (TPSA) is 48.0 Å². The number of benzene rings is 1. The average Bonchev–Trinajstić information content (AvgIpc) is 3.31. The van der Waals surface area contributed by atoms with E-state index in [4.69, 9.17) is 14.2 Å². The fraction of sp³-hybridized carbons (Fsp3) is 0.421. The third kappa shape index (κ3) is 3.58. The van der Waals surface area contributed by atoms with Crippen molar-refractivity contribution in [1.82, 2.24) is 4.90 Å². The molecule has 1 saturated heterocycles. The molecule has 0 bridgehead atoms. The van der Waals surface area contributed by atoms with Crippen LogP contribution in [0.4, 0.5) is 0 Å². The fourth-order valence-electron chi connectivity index (χ4n) is 3.36. The molecule has 1 aromatic heterocycles. The molecule has 134 valence electrons. The first-order valence-electron chi connectivity index (χ1n) is 8.29. The summed E-state index contributed by atoms with van der Waals surface area (Å²) in [7, 11) is 4.73. The molecule has 3 rings (SSSR count). The Bertz CT molecular complexity index is 704. The Morgan fingerprint density at radius 2 is 1.92 bits per heavy atom. The third-order valence-corrected chi connectivity index (χ3v) is 5.50. The van der Waals surface area contributed by atoms with E-state index in [1.807, 2.05) is 23.1 Å². The molecular formula is C19H23NO4S. The number of hydrogen-bond acceptors (Lipinski definition) is 5. The maximum Gasteiger partial charge on any atom is 0.227 e. The number of ether oxygens (including phenoxy) is 3. The van der Waals surface area contributed by atoms with Crippen LogP contribution in [0.25, 0.3) is 0 Å². The standard InChI is InChI=1S/C19H23NO4S/c1-22-15-10-13(11-16(23-2)19(15)24-3)12-18(21)20-8-4-6-14(20)17-7-5-9-25-17/h5,7,9-11,14H,4,6,8,12H2,1-3H3/t14-/m1/s1. The number of methoxy groups -OCH3 is 3. The van der Waals surface area contributed by atoms with Gasteiger partial charge in [-0.15, -0.1) is 11.3 Å². The van der Waals surface area contributed by atoms with Crippen LogP contribution >= 0.6 is 11.3 Å². The minimum Gasteiger partial charge on any atom is -0.493 e. The van der Waals surface area contributed by atoms with Crippen molar-refractivity contribution in [3.05, 3.63) is 40.1 Å². The van der Waals surface area contributed by atoms with E-state index in [0.717, 1.165) is 24.9 Å². The van der Waals surface area contributed by atoms with Gasteiger partial charge in [-0.1, -0.05) is 6.07 Å². The Morgan fingerprint density at radius 1 is 1.20 bits per heavy atom. The average molecular weight is 361 g/mol. The van der Waals surface area contributed by atoms with E-state index in [1.54, 1.807) is 32.7 Å². The lowest BCUT2D eigenvalue weighted by molar-refractivity contribution is -0.131. The number of likely N-dealkylation sites (tertiary alicyclic amines) is 1. The molecule has 1 amide bonds. The zero-order valence-electron chi connectivity index (χ0n) is 14.8. The zero-order chi connectivity index (χ0) is 17.8. The van der Waals surface area contributed by atoms with Crippen LogP contribution in [0.1, 0.15) is 29.3 Å². The summed E-state index contributed by atoms with van der Waals surface area (Å²) in [6.45, 7) is 0.811. The van der Waals surface area contributed by atoms with Crippen molar-refractivity contribution >= 4 is 17.2 Å². The normalized spacial score (nSPS) is 16.8. The van der Waals surface area contributed by atoms with Gasteiger partial charge in [0.25, 0.3) is 0 Å². The number of hydrogen-bond donors (Lipinski definition) is 0. The summed E-state index contributed by atoms with van der Waals surface area (Å²) >= 11 is 1.71. The first-order valence-corrected chi connectivity index (χ1v) is 9.17. The van der Waals surface area contributed by atoms with Crippen LogP contribution in [0.2, 0.25) is 0 Å². The second kappa shape index (κ2) is 7.78. The molecule has 5 nitrogen and oxygen atoms in total. The molecule has 0 aliphatic carbocycles. The molecule has 1 atom stereocenters. The summed E-state index contributed by atoms with van der Waals surface area (Å²) in [5.74, 6) is 1.81. The molecule has 1 aliphatic heterocycles.